The molecule has 4 rings (SSSR count). The first-order chi connectivity index (χ1) is 10.2. The summed E-state index contributed by atoms with van der Waals surface area (Å²) in [6, 6.07) is 4.01. The van der Waals surface area contributed by atoms with Crippen molar-refractivity contribution >= 4 is 5.91 Å². The second kappa shape index (κ2) is 4.62. The van der Waals surface area contributed by atoms with Crippen LogP contribution in [0.5, 0.6) is 0 Å². The first-order valence-electron chi connectivity index (χ1n) is 7.29. The van der Waals surface area contributed by atoms with Crippen molar-refractivity contribution in [1.82, 2.24) is 19.9 Å². The number of carbonyl (C=O) groups is 1. The van der Waals surface area contributed by atoms with Crippen LogP contribution in [-0.4, -0.2) is 31.8 Å². The molecule has 5 heteroatoms. The summed E-state index contributed by atoms with van der Waals surface area (Å²) in [5.74, 6) is 0.877. The van der Waals surface area contributed by atoms with Gasteiger partial charge in [0, 0.05) is 36.6 Å². The van der Waals surface area contributed by atoms with Crippen LogP contribution in [0.2, 0.25) is 0 Å². The van der Waals surface area contributed by atoms with Crippen molar-refractivity contribution in [2.75, 3.05) is 0 Å². The molecule has 0 aromatic carbocycles. The molecule has 2 aromatic rings. The molecule has 4 heterocycles. The lowest BCUT2D eigenvalue weighted by Crippen LogP contribution is -2.42. The number of carbonyl (C=O) groups excluding carboxylic acids is 1. The zero-order valence-electron chi connectivity index (χ0n) is 11.9. The molecule has 1 saturated heterocycles. The maximum absolute atomic E-state index is 12.8. The lowest BCUT2D eigenvalue weighted by atomic mass is 9.98. The van der Waals surface area contributed by atoms with Crippen LogP contribution in [-0.2, 0) is 6.42 Å². The maximum atomic E-state index is 12.8. The zero-order valence-corrected chi connectivity index (χ0v) is 11.9. The van der Waals surface area contributed by atoms with Crippen LogP contribution < -0.4 is 0 Å². The van der Waals surface area contributed by atoms with Gasteiger partial charge < -0.3 is 4.90 Å². The summed E-state index contributed by atoms with van der Waals surface area (Å²) in [7, 11) is 0. The summed E-state index contributed by atoms with van der Waals surface area (Å²) in [5, 5.41) is 0. The van der Waals surface area contributed by atoms with Gasteiger partial charge in [0.25, 0.3) is 5.91 Å². The third-order valence-corrected chi connectivity index (χ3v) is 4.45. The molecule has 0 unspecified atom stereocenters. The Morgan fingerprint density at radius 3 is 3.05 bits per heavy atom. The number of rotatable bonds is 1. The summed E-state index contributed by atoms with van der Waals surface area (Å²) in [6.45, 7) is 1.91. The molecule has 5 nitrogen and oxygen atoms in total. The van der Waals surface area contributed by atoms with Crippen molar-refractivity contribution in [2.45, 2.75) is 38.3 Å². The van der Waals surface area contributed by atoms with Gasteiger partial charge in [-0.15, -0.1) is 0 Å². The van der Waals surface area contributed by atoms with E-state index in [-0.39, 0.29) is 18.0 Å². The fraction of sp³-hybridized carbons (Fsp3) is 0.375. The Balaban J connectivity index is 1.73. The highest BCUT2D eigenvalue weighted by molar-refractivity contribution is 5.94. The Hall–Kier alpha value is -2.30. The average Bonchev–Trinajstić information content (AvgIpc) is 2.82. The van der Waals surface area contributed by atoms with Crippen LogP contribution in [0.1, 0.15) is 46.3 Å². The van der Waals surface area contributed by atoms with Crippen LogP contribution in [0.4, 0.5) is 0 Å². The molecule has 0 saturated carbocycles. The maximum Gasteiger partial charge on any atom is 0.256 e. The van der Waals surface area contributed by atoms with Gasteiger partial charge in [-0.1, -0.05) is 0 Å². The van der Waals surface area contributed by atoms with E-state index in [1.54, 1.807) is 18.5 Å². The van der Waals surface area contributed by atoms with Crippen LogP contribution in [0.15, 0.2) is 30.7 Å². The summed E-state index contributed by atoms with van der Waals surface area (Å²) in [6.07, 6.45) is 8.09. The van der Waals surface area contributed by atoms with Gasteiger partial charge in [0.2, 0.25) is 0 Å². The third-order valence-electron chi connectivity index (χ3n) is 4.45. The number of pyridine rings is 1. The number of aryl methyl sites for hydroxylation is 1. The van der Waals surface area contributed by atoms with E-state index in [0.29, 0.717) is 5.56 Å². The Morgan fingerprint density at radius 2 is 2.24 bits per heavy atom. The van der Waals surface area contributed by atoms with Crippen LogP contribution in [0.25, 0.3) is 0 Å². The van der Waals surface area contributed by atoms with Crippen LogP contribution in [0, 0.1) is 6.92 Å². The van der Waals surface area contributed by atoms with Gasteiger partial charge in [-0.3, -0.25) is 9.78 Å². The minimum atomic E-state index is 0.0711. The highest BCUT2D eigenvalue weighted by Crippen LogP contribution is 2.43. The standard InChI is InChI=1S/C16H16N4O/c1-10-18-9-13-14(19-10)7-12-4-5-15(13)20(12)16(21)11-3-2-6-17-8-11/h2-3,6,8-9,12,15H,4-5,7H2,1H3/t12-,15+/m1/s1. The highest BCUT2D eigenvalue weighted by Gasteiger charge is 2.43. The van der Waals surface area contributed by atoms with E-state index in [1.807, 2.05) is 24.1 Å². The molecule has 2 aromatic heterocycles. The van der Waals surface area contributed by atoms with Crippen LogP contribution >= 0.6 is 0 Å². The number of nitrogens with zero attached hydrogens (tertiary/aromatic N) is 4. The van der Waals surface area contributed by atoms with Crippen molar-refractivity contribution in [3.05, 3.63) is 53.4 Å². The molecule has 0 N–H and O–H groups in total. The Kier molecular flexibility index (Phi) is 2.74. The average molecular weight is 280 g/mol. The van der Waals surface area contributed by atoms with Gasteiger partial charge in [-0.2, -0.15) is 0 Å². The van der Waals surface area contributed by atoms with E-state index in [4.69, 9.17) is 0 Å². The van der Waals surface area contributed by atoms with E-state index in [2.05, 4.69) is 15.0 Å². The molecule has 0 aliphatic carbocycles. The molecule has 2 aliphatic rings. The number of hydrogen-bond donors (Lipinski definition) is 0. The third kappa shape index (κ3) is 1.92. The minimum Gasteiger partial charge on any atom is -0.328 e. The predicted molar refractivity (Wildman–Crippen MR) is 76.6 cm³/mol. The highest BCUT2D eigenvalue weighted by atomic mass is 16.2. The molecule has 1 fully saturated rings. The molecule has 2 atom stereocenters. The smallest absolute Gasteiger partial charge is 0.256 e. The summed E-state index contributed by atoms with van der Waals surface area (Å²) in [4.78, 5) is 27.7. The lowest BCUT2D eigenvalue weighted by molar-refractivity contribution is 0.0643. The van der Waals surface area contributed by atoms with Crippen molar-refractivity contribution in [2.24, 2.45) is 0 Å². The number of fused-ring (bicyclic) bond motifs is 4. The molecule has 2 bridgehead atoms. The second-order valence-corrected chi connectivity index (χ2v) is 5.72. The van der Waals surface area contributed by atoms with E-state index in [9.17, 15) is 4.79 Å². The predicted octanol–water partition coefficient (Wildman–Crippen LogP) is 2.08. The summed E-state index contributed by atoms with van der Waals surface area (Å²) in [5.41, 5.74) is 2.89. The Labute approximate surface area is 123 Å². The second-order valence-electron chi connectivity index (χ2n) is 5.72. The normalized spacial score (nSPS) is 23.0. The Morgan fingerprint density at radius 1 is 1.33 bits per heavy atom. The first-order valence-corrected chi connectivity index (χ1v) is 7.29. The van der Waals surface area contributed by atoms with Gasteiger partial charge >= 0.3 is 0 Å². The van der Waals surface area contributed by atoms with Crippen LogP contribution in [0.3, 0.4) is 0 Å². The number of aromatic nitrogens is 3. The zero-order chi connectivity index (χ0) is 14.4. The van der Waals surface area contributed by atoms with Gasteiger partial charge in [0.1, 0.15) is 5.82 Å². The van der Waals surface area contributed by atoms with Crippen molar-refractivity contribution in [3.8, 4) is 0 Å². The lowest BCUT2D eigenvalue weighted by Gasteiger charge is -2.35. The summed E-state index contributed by atoms with van der Waals surface area (Å²) < 4.78 is 0. The number of hydrogen-bond acceptors (Lipinski definition) is 4. The molecular weight excluding hydrogens is 264 g/mol. The molecule has 21 heavy (non-hydrogen) atoms. The monoisotopic (exact) mass is 280 g/mol. The number of amides is 1. The first kappa shape index (κ1) is 12.4. The van der Waals surface area contributed by atoms with E-state index < -0.39 is 0 Å². The fourth-order valence-corrected chi connectivity index (χ4v) is 3.53. The topological polar surface area (TPSA) is 59.0 Å². The Bertz CT molecular complexity index is 701. The van der Waals surface area contributed by atoms with E-state index >= 15 is 0 Å². The molecule has 1 amide bonds. The largest absolute Gasteiger partial charge is 0.328 e. The van der Waals surface area contributed by atoms with Gasteiger partial charge in [0.05, 0.1) is 17.3 Å². The SMILES string of the molecule is Cc1ncc2c(n1)C[C@H]1CC[C@@H]2N1C(=O)c1cccnc1. The molecule has 0 spiro atoms. The summed E-state index contributed by atoms with van der Waals surface area (Å²) >= 11 is 0. The van der Waals surface area contributed by atoms with Gasteiger partial charge in [-0.05, 0) is 31.9 Å². The quantitative estimate of drug-likeness (QED) is 0.802. The minimum absolute atomic E-state index is 0.0711. The molecule has 2 aliphatic heterocycles. The van der Waals surface area contributed by atoms with Crippen molar-refractivity contribution < 1.29 is 4.79 Å². The molecule has 106 valence electrons. The molecular formula is C16H16N4O. The van der Waals surface area contributed by atoms with Gasteiger partial charge in [-0.25, -0.2) is 9.97 Å². The fourth-order valence-electron chi connectivity index (χ4n) is 3.53. The molecule has 0 radical (unpaired) electrons. The van der Waals surface area contributed by atoms with Crippen molar-refractivity contribution in [1.29, 1.82) is 0 Å². The van der Waals surface area contributed by atoms with Gasteiger partial charge in [0.15, 0.2) is 0 Å². The van der Waals surface area contributed by atoms with E-state index in [1.165, 1.54) is 0 Å². The van der Waals surface area contributed by atoms with Crippen molar-refractivity contribution in [3.63, 3.8) is 0 Å². The van der Waals surface area contributed by atoms with E-state index in [0.717, 1.165) is 36.3 Å².